The molecule has 1 aliphatic heterocycles. The van der Waals surface area contributed by atoms with Crippen molar-refractivity contribution in [1.29, 1.82) is 0 Å². The molecule has 4 rings (SSSR count). The third-order valence-electron chi connectivity index (χ3n) is 4.77. The molecule has 1 aromatic carbocycles. The number of nitrogens with one attached hydrogen (secondary N) is 1. The summed E-state index contributed by atoms with van der Waals surface area (Å²) in [5, 5.41) is 2.84. The molecular weight excluding hydrogens is 406 g/mol. The highest BCUT2D eigenvalue weighted by Gasteiger charge is 2.49. The maximum Gasteiger partial charge on any atom is 0.325 e. The second-order valence-corrected chi connectivity index (χ2v) is 7.17. The molecule has 1 aliphatic rings. The Bertz CT molecular complexity index is 1250. The Morgan fingerprint density at radius 3 is 2.59 bits per heavy atom. The lowest BCUT2D eigenvalue weighted by Crippen LogP contribution is -2.41. The summed E-state index contributed by atoms with van der Waals surface area (Å²) in [7, 11) is 0. The SMILES string of the molecule is CC1(c2ccc(F)c(F)c2)NC(=O)N(Cc2cc(=O)n3cc(Cl)ccc3n2)C1=O. The van der Waals surface area contributed by atoms with Crippen molar-refractivity contribution in [2.45, 2.75) is 19.0 Å². The van der Waals surface area contributed by atoms with Gasteiger partial charge in [-0.3, -0.25) is 18.9 Å². The zero-order chi connectivity index (χ0) is 20.9. The second kappa shape index (κ2) is 6.63. The molecule has 0 radical (unpaired) electrons. The Kier molecular flexibility index (Phi) is 4.34. The highest BCUT2D eigenvalue weighted by atomic mass is 35.5. The fourth-order valence-corrected chi connectivity index (χ4v) is 3.37. The van der Waals surface area contributed by atoms with Gasteiger partial charge in [0.1, 0.15) is 11.2 Å². The van der Waals surface area contributed by atoms with Crippen LogP contribution >= 0.6 is 11.6 Å². The molecule has 3 aromatic rings. The fraction of sp³-hybridized carbons (Fsp3) is 0.158. The summed E-state index contributed by atoms with van der Waals surface area (Å²) >= 11 is 5.87. The zero-order valence-corrected chi connectivity index (χ0v) is 15.7. The number of benzene rings is 1. The van der Waals surface area contributed by atoms with Crippen molar-refractivity contribution in [3.63, 3.8) is 0 Å². The molecule has 0 saturated carbocycles. The second-order valence-electron chi connectivity index (χ2n) is 6.74. The fourth-order valence-electron chi connectivity index (χ4n) is 3.21. The summed E-state index contributed by atoms with van der Waals surface area (Å²) in [6.45, 7) is 1.13. The van der Waals surface area contributed by atoms with Crippen molar-refractivity contribution < 1.29 is 18.4 Å². The van der Waals surface area contributed by atoms with Crippen LogP contribution in [0.4, 0.5) is 13.6 Å². The predicted octanol–water partition coefficient (Wildman–Crippen LogP) is 2.59. The number of hydrogen-bond acceptors (Lipinski definition) is 4. The number of halogens is 3. The summed E-state index contributed by atoms with van der Waals surface area (Å²) < 4.78 is 28.1. The molecule has 3 amide bonds. The van der Waals surface area contributed by atoms with E-state index >= 15 is 0 Å². The number of pyridine rings is 1. The molecule has 1 N–H and O–H groups in total. The summed E-state index contributed by atoms with van der Waals surface area (Å²) in [5.41, 5.74) is -1.42. The highest BCUT2D eigenvalue weighted by molar-refractivity contribution is 6.30. The number of carbonyl (C=O) groups is 2. The Labute approximate surface area is 167 Å². The largest absolute Gasteiger partial charge is 0.325 e. The van der Waals surface area contributed by atoms with Crippen LogP contribution in [-0.2, 0) is 16.9 Å². The average Bonchev–Trinajstić information content (AvgIpc) is 2.88. The van der Waals surface area contributed by atoms with Crippen molar-refractivity contribution in [1.82, 2.24) is 19.6 Å². The van der Waals surface area contributed by atoms with Gasteiger partial charge in [0.2, 0.25) is 0 Å². The van der Waals surface area contributed by atoms with Crippen LogP contribution in [0.2, 0.25) is 5.02 Å². The minimum absolute atomic E-state index is 0.0958. The van der Waals surface area contributed by atoms with Crippen LogP contribution in [0.25, 0.3) is 5.65 Å². The standard InChI is InChI=1S/C19H13ClF2N4O3/c1-19(10-2-4-13(21)14(22)6-10)17(28)26(18(29)24-19)9-12-7-16(27)25-8-11(20)3-5-15(25)23-12/h2-8H,9H2,1H3,(H,24,29). The van der Waals surface area contributed by atoms with Gasteiger partial charge >= 0.3 is 6.03 Å². The van der Waals surface area contributed by atoms with Crippen LogP contribution in [0, 0.1) is 11.6 Å². The van der Waals surface area contributed by atoms with E-state index < -0.39 is 34.7 Å². The monoisotopic (exact) mass is 418 g/mol. The number of aromatic nitrogens is 2. The summed E-state index contributed by atoms with van der Waals surface area (Å²) in [4.78, 5) is 42.8. The van der Waals surface area contributed by atoms with E-state index in [-0.39, 0.29) is 17.8 Å². The average molecular weight is 419 g/mol. The van der Waals surface area contributed by atoms with Gasteiger partial charge in [-0.05, 0) is 36.8 Å². The number of fused-ring (bicyclic) bond motifs is 1. The van der Waals surface area contributed by atoms with Gasteiger partial charge in [-0.25, -0.2) is 18.6 Å². The first-order chi connectivity index (χ1) is 13.7. The number of rotatable bonds is 3. The van der Waals surface area contributed by atoms with Crippen molar-refractivity contribution in [3.8, 4) is 0 Å². The van der Waals surface area contributed by atoms with E-state index in [1.807, 2.05) is 0 Å². The molecule has 7 nitrogen and oxygen atoms in total. The van der Waals surface area contributed by atoms with Crippen molar-refractivity contribution >= 4 is 29.2 Å². The lowest BCUT2D eigenvalue weighted by molar-refractivity contribution is -0.131. The first kappa shape index (κ1) is 19.0. The van der Waals surface area contributed by atoms with Crippen LogP contribution in [0.1, 0.15) is 18.2 Å². The maximum atomic E-state index is 13.6. The van der Waals surface area contributed by atoms with Crippen LogP contribution in [0.15, 0.2) is 47.4 Å². The number of hydrogen-bond donors (Lipinski definition) is 1. The quantitative estimate of drug-likeness (QED) is 0.663. The first-order valence-corrected chi connectivity index (χ1v) is 8.84. The summed E-state index contributed by atoms with van der Waals surface area (Å²) in [6, 6.07) is 6.52. The lowest BCUT2D eigenvalue weighted by atomic mass is 9.92. The Morgan fingerprint density at radius 2 is 1.86 bits per heavy atom. The number of amides is 3. The molecule has 10 heteroatoms. The van der Waals surface area contributed by atoms with E-state index in [9.17, 15) is 23.2 Å². The zero-order valence-electron chi connectivity index (χ0n) is 14.9. The molecule has 1 atom stereocenters. The van der Waals surface area contributed by atoms with Gasteiger partial charge in [0.05, 0.1) is 17.3 Å². The van der Waals surface area contributed by atoms with E-state index in [1.54, 1.807) is 6.07 Å². The molecule has 0 bridgehead atoms. The molecule has 3 heterocycles. The van der Waals surface area contributed by atoms with Crippen LogP contribution in [0.5, 0.6) is 0 Å². The Balaban J connectivity index is 1.68. The molecule has 0 aliphatic carbocycles. The maximum absolute atomic E-state index is 13.6. The van der Waals surface area contributed by atoms with Gasteiger partial charge in [0.15, 0.2) is 11.6 Å². The van der Waals surface area contributed by atoms with Crippen LogP contribution in [-0.4, -0.2) is 26.2 Å². The molecule has 29 heavy (non-hydrogen) atoms. The van der Waals surface area contributed by atoms with Crippen LogP contribution in [0.3, 0.4) is 0 Å². The van der Waals surface area contributed by atoms with Crippen molar-refractivity contribution in [3.05, 3.63) is 80.9 Å². The van der Waals surface area contributed by atoms with Gasteiger partial charge in [-0.2, -0.15) is 0 Å². The third kappa shape index (κ3) is 3.13. The van der Waals surface area contributed by atoms with Crippen LogP contribution < -0.4 is 10.9 Å². The van der Waals surface area contributed by atoms with E-state index in [4.69, 9.17) is 11.6 Å². The number of carbonyl (C=O) groups excluding carboxylic acids is 2. The normalized spacial score (nSPS) is 19.1. The predicted molar refractivity (Wildman–Crippen MR) is 99.3 cm³/mol. The lowest BCUT2D eigenvalue weighted by Gasteiger charge is -2.22. The van der Waals surface area contributed by atoms with E-state index in [0.29, 0.717) is 10.7 Å². The van der Waals surface area contributed by atoms with Crippen molar-refractivity contribution in [2.24, 2.45) is 0 Å². The summed E-state index contributed by atoms with van der Waals surface area (Å²) in [5.74, 6) is -2.87. The smallest absolute Gasteiger partial charge is 0.319 e. The Hall–Kier alpha value is -3.33. The minimum atomic E-state index is -1.58. The minimum Gasteiger partial charge on any atom is -0.319 e. The molecule has 1 saturated heterocycles. The first-order valence-electron chi connectivity index (χ1n) is 8.46. The molecule has 2 aromatic heterocycles. The van der Waals surface area contributed by atoms with Gasteiger partial charge < -0.3 is 5.32 Å². The van der Waals surface area contributed by atoms with E-state index in [2.05, 4.69) is 10.3 Å². The van der Waals surface area contributed by atoms with E-state index in [0.717, 1.165) is 17.0 Å². The van der Waals surface area contributed by atoms with Gasteiger partial charge in [-0.15, -0.1) is 0 Å². The highest BCUT2D eigenvalue weighted by Crippen LogP contribution is 2.30. The van der Waals surface area contributed by atoms with Gasteiger partial charge in [0, 0.05) is 12.3 Å². The summed E-state index contributed by atoms with van der Waals surface area (Å²) in [6.07, 6.45) is 1.41. The van der Waals surface area contributed by atoms with E-state index in [1.165, 1.54) is 35.7 Å². The molecular formula is C19H13ClF2N4O3. The molecule has 1 unspecified atom stereocenters. The third-order valence-corrected chi connectivity index (χ3v) is 4.99. The Morgan fingerprint density at radius 1 is 1.10 bits per heavy atom. The number of imide groups is 1. The molecule has 148 valence electrons. The molecule has 0 spiro atoms. The van der Waals surface area contributed by atoms with Crippen molar-refractivity contribution in [2.75, 3.05) is 0 Å². The number of urea groups is 1. The topological polar surface area (TPSA) is 83.8 Å². The molecule has 1 fully saturated rings. The number of nitrogens with zero attached hydrogens (tertiary/aromatic N) is 3. The van der Waals surface area contributed by atoms with Gasteiger partial charge in [0.25, 0.3) is 11.5 Å². The van der Waals surface area contributed by atoms with Gasteiger partial charge in [-0.1, -0.05) is 17.7 Å².